The van der Waals surface area contributed by atoms with Gasteiger partial charge in [-0.05, 0) is 38.3 Å². The lowest BCUT2D eigenvalue weighted by atomic mass is 10.1. The van der Waals surface area contributed by atoms with Crippen molar-refractivity contribution in [1.82, 2.24) is 15.3 Å². The molecule has 1 fully saturated rings. The van der Waals surface area contributed by atoms with Crippen LogP contribution in [-0.4, -0.2) is 29.2 Å². The van der Waals surface area contributed by atoms with Crippen molar-refractivity contribution in [3.8, 4) is 17.7 Å². The summed E-state index contributed by atoms with van der Waals surface area (Å²) in [5.41, 5.74) is 0.745. The maximum absolute atomic E-state index is 5.86. The fourth-order valence-corrected chi connectivity index (χ4v) is 1.97. The van der Waals surface area contributed by atoms with Gasteiger partial charge in [0, 0.05) is 12.5 Å². The number of hydrogen-bond acceptors (Lipinski definition) is 4. The Morgan fingerprint density at radius 1 is 1.37 bits per heavy atom. The lowest BCUT2D eigenvalue weighted by Gasteiger charge is -2.23. The average molecular weight is 259 g/mol. The minimum atomic E-state index is 0.261. The topological polar surface area (TPSA) is 47.0 Å². The highest BCUT2D eigenvalue weighted by atomic mass is 16.5. The summed E-state index contributed by atoms with van der Waals surface area (Å²) in [6.45, 7) is 4.19. The Balaban J connectivity index is 1.91. The molecule has 1 aromatic heterocycles. The molecular weight excluding hydrogens is 238 g/mol. The molecule has 4 heteroatoms. The van der Waals surface area contributed by atoms with Crippen LogP contribution in [0.1, 0.15) is 44.7 Å². The van der Waals surface area contributed by atoms with Crippen molar-refractivity contribution >= 4 is 0 Å². The standard InChI is InChI=1S/C15H21N3O/c1-2-3-4-5-6-13-11-15(18-12-17-13)19-14-7-9-16-10-8-14/h11-12,14,16H,2-4,7-10H2,1H3. The van der Waals surface area contributed by atoms with Crippen LogP contribution in [0.15, 0.2) is 12.4 Å². The van der Waals surface area contributed by atoms with Gasteiger partial charge in [-0.2, -0.15) is 0 Å². The zero-order valence-electron chi connectivity index (χ0n) is 11.5. The molecule has 0 amide bonds. The van der Waals surface area contributed by atoms with Gasteiger partial charge in [0.2, 0.25) is 5.88 Å². The number of hydrogen-bond donors (Lipinski definition) is 1. The second kappa shape index (κ2) is 7.75. The maximum atomic E-state index is 5.86. The van der Waals surface area contributed by atoms with E-state index in [-0.39, 0.29) is 6.10 Å². The Labute approximate surface area is 115 Å². The summed E-state index contributed by atoms with van der Waals surface area (Å²) < 4.78 is 5.86. The van der Waals surface area contributed by atoms with Crippen LogP contribution in [0.4, 0.5) is 0 Å². The third-order valence-corrected chi connectivity index (χ3v) is 3.09. The quantitative estimate of drug-likeness (QED) is 0.665. The van der Waals surface area contributed by atoms with Crippen LogP contribution in [0.3, 0.4) is 0 Å². The molecule has 1 aliphatic rings. The molecule has 1 saturated heterocycles. The van der Waals surface area contributed by atoms with Crippen LogP contribution in [0.25, 0.3) is 0 Å². The van der Waals surface area contributed by atoms with Crippen molar-refractivity contribution in [2.75, 3.05) is 13.1 Å². The van der Waals surface area contributed by atoms with Crippen molar-refractivity contribution in [2.24, 2.45) is 0 Å². The smallest absolute Gasteiger partial charge is 0.217 e. The van der Waals surface area contributed by atoms with Gasteiger partial charge in [0.1, 0.15) is 18.1 Å². The molecular formula is C15H21N3O. The fourth-order valence-electron chi connectivity index (χ4n) is 1.97. The van der Waals surface area contributed by atoms with E-state index in [0.29, 0.717) is 5.88 Å². The number of aromatic nitrogens is 2. The summed E-state index contributed by atoms with van der Waals surface area (Å²) in [7, 11) is 0. The van der Waals surface area contributed by atoms with Gasteiger partial charge in [-0.1, -0.05) is 19.3 Å². The van der Waals surface area contributed by atoms with Crippen LogP contribution < -0.4 is 10.1 Å². The van der Waals surface area contributed by atoms with Crippen molar-refractivity contribution in [2.45, 2.75) is 45.1 Å². The number of ether oxygens (including phenoxy) is 1. The third kappa shape index (κ3) is 4.88. The van der Waals surface area contributed by atoms with E-state index >= 15 is 0 Å². The summed E-state index contributed by atoms with van der Waals surface area (Å²) in [5, 5.41) is 3.32. The lowest BCUT2D eigenvalue weighted by Crippen LogP contribution is -2.34. The Hall–Kier alpha value is -1.60. The van der Waals surface area contributed by atoms with Crippen molar-refractivity contribution < 1.29 is 4.74 Å². The van der Waals surface area contributed by atoms with Gasteiger partial charge >= 0.3 is 0 Å². The molecule has 102 valence electrons. The first-order chi connectivity index (χ1) is 9.38. The predicted octanol–water partition coefficient (Wildman–Crippen LogP) is 2.15. The monoisotopic (exact) mass is 259 g/mol. The van der Waals surface area contributed by atoms with Crippen LogP contribution in [0.2, 0.25) is 0 Å². The van der Waals surface area contributed by atoms with Gasteiger partial charge in [0.15, 0.2) is 0 Å². The minimum absolute atomic E-state index is 0.261. The molecule has 0 spiro atoms. The largest absolute Gasteiger partial charge is 0.474 e. The Morgan fingerprint density at radius 2 is 2.21 bits per heavy atom. The summed E-state index contributed by atoms with van der Waals surface area (Å²) >= 11 is 0. The van der Waals surface area contributed by atoms with Gasteiger partial charge in [0.25, 0.3) is 0 Å². The molecule has 4 nitrogen and oxygen atoms in total. The number of unbranched alkanes of at least 4 members (excludes halogenated alkanes) is 2. The zero-order valence-corrected chi connectivity index (χ0v) is 11.5. The molecule has 0 radical (unpaired) electrons. The van der Waals surface area contributed by atoms with E-state index in [1.165, 1.54) is 12.7 Å². The molecule has 0 atom stereocenters. The third-order valence-electron chi connectivity index (χ3n) is 3.09. The highest BCUT2D eigenvalue weighted by Gasteiger charge is 2.14. The molecule has 2 rings (SSSR count). The van der Waals surface area contributed by atoms with E-state index in [9.17, 15) is 0 Å². The summed E-state index contributed by atoms with van der Waals surface area (Å²) in [6, 6.07) is 1.83. The Morgan fingerprint density at radius 3 is 3.00 bits per heavy atom. The highest BCUT2D eigenvalue weighted by Crippen LogP contribution is 2.13. The first-order valence-electron chi connectivity index (χ1n) is 7.07. The van der Waals surface area contributed by atoms with Crippen molar-refractivity contribution in [3.63, 3.8) is 0 Å². The van der Waals surface area contributed by atoms with E-state index in [2.05, 4.69) is 34.0 Å². The zero-order chi connectivity index (χ0) is 13.3. The molecule has 0 saturated carbocycles. The molecule has 0 aromatic carbocycles. The first kappa shape index (κ1) is 13.8. The molecule has 19 heavy (non-hydrogen) atoms. The van der Waals surface area contributed by atoms with Gasteiger partial charge in [0.05, 0.1) is 0 Å². The van der Waals surface area contributed by atoms with Gasteiger partial charge in [-0.3, -0.25) is 0 Å². The highest BCUT2D eigenvalue weighted by molar-refractivity contribution is 5.30. The number of nitrogens with one attached hydrogen (secondary N) is 1. The minimum Gasteiger partial charge on any atom is -0.474 e. The molecule has 2 heterocycles. The molecule has 0 unspecified atom stereocenters. The van der Waals surface area contributed by atoms with Crippen LogP contribution in [0.5, 0.6) is 5.88 Å². The number of rotatable bonds is 4. The van der Waals surface area contributed by atoms with Crippen molar-refractivity contribution in [1.29, 1.82) is 0 Å². The number of nitrogens with zero attached hydrogens (tertiary/aromatic N) is 2. The second-order valence-corrected chi connectivity index (χ2v) is 4.71. The van der Waals surface area contributed by atoms with Crippen molar-refractivity contribution in [3.05, 3.63) is 18.1 Å². The molecule has 1 N–H and O–H groups in total. The van der Waals surface area contributed by atoms with Gasteiger partial charge < -0.3 is 10.1 Å². The maximum Gasteiger partial charge on any atom is 0.217 e. The van der Waals surface area contributed by atoms with E-state index in [1.54, 1.807) is 0 Å². The summed E-state index contributed by atoms with van der Waals surface area (Å²) in [4.78, 5) is 8.31. The van der Waals surface area contributed by atoms with E-state index in [1.807, 2.05) is 6.07 Å². The number of piperidine rings is 1. The second-order valence-electron chi connectivity index (χ2n) is 4.71. The van der Waals surface area contributed by atoms with Crippen LogP contribution >= 0.6 is 0 Å². The van der Waals surface area contributed by atoms with E-state index in [4.69, 9.17) is 4.74 Å². The predicted molar refractivity (Wildman–Crippen MR) is 75.0 cm³/mol. The van der Waals surface area contributed by atoms with Crippen LogP contribution in [0, 0.1) is 11.8 Å². The molecule has 0 bridgehead atoms. The summed E-state index contributed by atoms with van der Waals surface area (Å²) in [6.07, 6.45) is 7.07. The van der Waals surface area contributed by atoms with Gasteiger partial charge in [-0.15, -0.1) is 0 Å². The summed E-state index contributed by atoms with van der Waals surface area (Å²) in [5.74, 6) is 6.83. The first-order valence-corrected chi connectivity index (χ1v) is 7.07. The molecule has 1 aliphatic heterocycles. The fraction of sp³-hybridized carbons (Fsp3) is 0.600. The normalized spacial score (nSPS) is 15.6. The van der Waals surface area contributed by atoms with E-state index < -0.39 is 0 Å². The van der Waals surface area contributed by atoms with E-state index in [0.717, 1.165) is 44.5 Å². The Bertz CT molecular complexity index is 444. The average Bonchev–Trinajstić information content (AvgIpc) is 2.45. The van der Waals surface area contributed by atoms with Gasteiger partial charge in [-0.25, -0.2) is 9.97 Å². The van der Waals surface area contributed by atoms with Crippen LogP contribution in [-0.2, 0) is 0 Å². The Kier molecular flexibility index (Phi) is 5.64. The molecule has 1 aromatic rings. The lowest BCUT2D eigenvalue weighted by molar-refractivity contribution is 0.155. The SMILES string of the molecule is CCCCC#Cc1cc(OC2CCNCC2)ncn1. The molecule has 0 aliphatic carbocycles.